The number of carbonyl (C=O) groups is 2. The van der Waals surface area contributed by atoms with E-state index in [4.69, 9.17) is 19.5 Å². The minimum Gasteiger partial charge on any atom is -0.497 e. The SMILES string of the molecule is COCCC#N.COc1ccc(/C=C/C=O)cc1OC.COc1ccc(C=O)cc1. The van der Waals surface area contributed by atoms with Crippen LogP contribution in [0.25, 0.3) is 6.08 Å². The minimum absolute atomic E-state index is 0.497. The minimum atomic E-state index is 0.497. The number of rotatable bonds is 8. The number of aldehydes is 2. The molecule has 0 atom stereocenters. The Hall–Kier alpha value is -3.63. The van der Waals surface area contributed by atoms with Crippen molar-refractivity contribution in [3.8, 4) is 23.3 Å². The van der Waals surface area contributed by atoms with E-state index in [2.05, 4.69) is 4.74 Å². The lowest BCUT2D eigenvalue weighted by Gasteiger charge is -2.07. The Balaban J connectivity index is 0.000000459. The highest BCUT2D eigenvalue weighted by atomic mass is 16.5. The van der Waals surface area contributed by atoms with E-state index in [1.165, 1.54) is 6.08 Å². The van der Waals surface area contributed by atoms with Gasteiger partial charge in [-0.25, -0.2) is 0 Å². The monoisotopic (exact) mass is 413 g/mol. The molecule has 0 spiro atoms. The van der Waals surface area contributed by atoms with Gasteiger partial charge in [0.05, 0.1) is 40.4 Å². The van der Waals surface area contributed by atoms with Gasteiger partial charge in [0.2, 0.25) is 0 Å². The van der Waals surface area contributed by atoms with E-state index in [0.29, 0.717) is 30.1 Å². The summed E-state index contributed by atoms with van der Waals surface area (Å²) in [6, 6.07) is 14.3. The van der Waals surface area contributed by atoms with E-state index in [1.807, 2.05) is 12.1 Å². The topological polar surface area (TPSA) is 94.8 Å². The Morgan fingerprint density at radius 2 is 1.50 bits per heavy atom. The van der Waals surface area contributed by atoms with Crippen LogP contribution in [0, 0.1) is 11.3 Å². The molecule has 0 saturated carbocycles. The largest absolute Gasteiger partial charge is 0.497 e. The van der Waals surface area contributed by atoms with Crippen molar-refractivity contribution in [1.82, 2.24) is 0 Å². The Labute approximate surface area is 177 Å². The molecule has 0 fully saturated rings. The Bertz CT molecular complexity index is 809. The molecule has 0 aromatic heterocycles. The van der Waals surface area contributed by atoms with Crippen LogP contribution in [0.1, 0.15) is 22.3 Å². The molecule has 0 radical (unpaired) electrons. The summed E-state index contributed by atoms with van der Waals surface area (Å²) in [5.41, 5.74) is 1.57. The third-order valence-corrected chi connectivity index (χ3v) is 3.44. The molecule has 2 aromatic carbocycles. The molecular weight excluding hydrogens is 386 g/mol. The fraction of sp³-hybridized carbons (Fsp3) is 0.261. The molecule has 0 unspecified atom stereocenters. The highest BCUT2D eigenvalue weighted by molar-refractivity contribution is 5.75. The van der Waals surface area contributed by atoms with Crippen LogP contribution < -0.4 is 14.2 Å². The molecule has 7 nitrogen and oxygen atoms in total. The lowest BCUT2D eigenvalue weighted by molar-refractivity contribution is -0.104. The van der Waals surface area contributed by atoms with Gasteiger partial charge in [-0.2, -0.15) is 5.26 Å². The molecule has 0 N–H and O–H groups in total. The van der Waals surface area contributed by atoms with Crippen LogP contribution >= 0.6 is 0 Å². The predicted molar refractivity (Wildman–Crippen MR) is 115 cm³/mol. The van der Waals surface area contributed by atoms with Crippen molar-refractivity contribution in [3.63, 3.8) is 0 Å². The van der Waals surface area contributed by atoms with E-state index in [-0.39, 0.29) is 0 Å². The number of benzene rings is 2. The van der Waals surface area contributed by atoms with Crippen LogP contribution in [0.15, 0.2) is 48.5 Å². The van der Waals surface area contributed by atoms with Gasteiger partial charge in [-0.3, -0.25) is 9.59 Å². The number of methoxy groups -OCH3 is 4. The van der Waals surface area contributed by atoms with Gasteiger partial charge in [0.1, 0.15) is 18.3 Å². The lowest BCUT2D eigenvalue weighted by Crippen LogP contribution is -1.90. The molecule has 2 aromatic rings. The van der Waals surface area contributed by atoms with E-state index in [9.17, 15) is 9.59 Å². The molecule has 0 aliphatic heterocycles. The average Bonchev–Trinajstić information content (AvgIpc) is 2.81. The first-order valence-corrected chi connectivity index (χ1v) is 8.89. The first kappa shape index (κ1) is 26.4. The summed E-state index contributed by atoms with van der Waals surface area (Å²) in [5, 5.41) is 7.87. The van der Waals surface area contributed by atoms with Crippen molar-refractivity contribution in [2.75, 3.05) is 35.0 Å². The molecule has 2 rings (SSSR count). The zero-order valence-electron chi connectivity index (χ0n) is 17.7. The van der Waals surface area contributed by atoms with Gasteiger partial charge in [0.25, 0.3) is 0 Å². The maximum atomic E-state index is 10.2. The van der Waals surface area contributed by atoms with Gasteiger partial charge in [-0.1, -0.05) is 12.1 Å². The van der Waals surface area contributed by atoms with Gasteiger partial charge in [0, 0.05) is 12.7 Å². The second-order valence-corrected chi connectivity index (χ2v) is 5.40. The van der Waals surface area contributed by atoms with Crippen molar-refractivity contribution in [1.29, 1.82) is 5.26 Å². The van der Waals surface area contributed by atoms with E-state index < -0.39 is 0 Å². The van der Waals surface area contributed by atoms with Crippen molar-refractivity contribution >= 4 is 18.6 Å². The maximum absolute atomic E-state index is 10.2. The molecule has 7 heteroatoms. The van der Waals surface area contributed by atoms with Gasteiger partial charge in [0.15, 0.2) is 11.5 Å². The molecule has 0 heterocycles. The number of ether oxygens (including phenoxy) is 4. The zero-order valence-corrected chi connectivity index (χ0v) is 17.7. The summed E-state index contributed by atoms with van der Waals surface area (Å²) < 4.78 is 19.6. The molecule has 0 saturated heterocycles. The average molecular weight is 413 g/mol. The number of carbonyl (C=O) groups excluding carboxylic acids is 2. The summed E-state index contributed by atoms with van der Waals surface area (Å²) in [7, 11) is 6.33. The molecule has 0 bridgehead atoms. The van der Waals surface area contributed by atoms with E-state index >= 15 is 0 Å². The zero-order chi connectivity index (χ0) is 22.6. The predicted octanol–water partition coefficient (Wildman–Crippen LogP) is 3.97. The Morgan fingerprint density at radius 3 is 1.93 bits per heavy atom. The quantitative estimate of drug-likeness (QED) is 0.367. The summed E-state index contributed by atoms with van der Waals surface area (Å²) in [4.78, 5) is 20.3. The number of allylic oxidation sites excluding steroid dienone is 1. The van der Waals surface area contributed by atoms with Crippen molar-refractivity contribution < 1.29 is 28.5 Å². The standard InChI is InChI=1S/C11H12O3.C8H8O2.C4H7NO/c1-13-10-6-5-9(4-3-7-12)8-11(10)14-2;1-10-8-4-2-7(6-9)3-5-8;1-6-4-2-3-5/h3-8H,1-2H3;2-6H,1H3;2,4H2,1H3/b4-3+;;. The van der Waals surface area contributed by atoms with Crippen molar-refractivity contribution in [3.05, 3.63) is 59.7 Å². The first-order valence-electron chi connectivity index (χ1n) is 8.89. The van der Waals surface area contributed by atoms with E-state index in [0.717, 1.165) is 23.9 Å². The van der Waals surface area contributed by atoms with Crippen LogP contribution in [0.5, 0.6) is 17.2 Å². The second-order valence-electron chi connectivity index (χ2n) is 5.40. The molecule has 0 amide bonds. The normalized spacial score (nSPS) is 9.17. The second kappa shape index (κ2) is 17.5. The third kappa shape index (κ3) is 11.3. The number of hydrogen-bond donors (Lipinski definition) is 0. The van der Waals surface area contributed by atoms with E-state index in [1.54, 1.807) is 70.9 Å². The smallest absolute Gasteiger partial charge is 0.161 e. The summed E-state index contributed by atoms with van der Waals surface area (Å²) in [5.74, 6) is 2.10. The van der Waals surface area contributed by atoms with Gasteiger partial charge >= 0.3 is 0 Å². The van der Waals surface area contributed by atoms with Crippen LogP contribution in [0.2, 0.25) is 0 Å². The maximum Gasteiger partial charge on any atom is 0.161 e. The fourth-order valence-corrected chi connectivity index (χ4v) is 1.94. The highest BCUT2D eigenvalue weighted by Crippen LogP contribution is 2.27. The molecule has 160 valence electrons. The van der Waals surface area contributed by atoms with Crippen LogP contribution in [0.3, 0.4) is 0 Å². The molecule has 0 aliphatic carbocycles. The van der Waals surface area contributed by atoms with Crippen LogP contribution in [0.4, 0.5) is 0 Å². The van der Waals surface area contributed by atoms with Crippen molar-refractivity contribution in [2.24, 2.45) is 0 Å². The number of nitrogens with zero attached hydrogens (tertiary/aromatic N) is 1. The molecule has 30 heavy (non-hydrogen) atoms. The van der Waals surface area contributed by atoms with Crippen molar-refractivity contribution in [2.45, 2.75) is 6.42 Å². The Morgan fingerprint density at radius 1 is 0.867 bits per heavy atom. The molecule has 0 aliphatic rings. The summed E-state index contributed by atoms with van der Waals surface area (Å²) in [6.07, 6.45) is 5.17. The first-order chi connectivity index (χ1) is 14.6. The lowest BCUT2D eigenvalue weighted by atomic mass is 10.2. The third-order valence-electron chi connectivity index (χ3n) is 3.44. The molecular formula is C23H27NO6. The highest BCUT2D eigenvalue weighted by Gasteiger charge is 2.01. The van der Waals surface area contributed by atoms with Crippen LogP contribution in [-0.4, -0.2) is 47.6 Å². The summed E-state index contributed by atoms with van der Waals surface area (Å²) in [6.45, 7) is 0.552. The van der Waals surface area contributed by atoms with Gasteiger partial charge in [-0.15, -0.1) is 0 Å². The van der Waals surface area contributed by atoms with Gasteiger partial charge in [-0.05, 0) is 48.0 Å². The summed E-state index contributed by atoms with van der Waals surface area (Å²) >= 11 is 0. The number of hydrogen-bond acceptors (Lipinski definition) is 7. The fourth-order valence-electron chi connectivity index (χ4n) is 1.94. The number of nitriles is 1. The Kier molecular flexibility index (Phi) is 15.4. The van der Waals surface area contributed by atoms with Gasteiger partial charge < -0.3 is 18.9 Å². The van der Waals surface area contributed by atoms with Crippen LogP contribution in [-0.2, 0) is 9.53 Å².